The fourth-order valence-corrected chi connectivity index (χ4v) is 2.00. The van der Waals surface area contributed by atoms with Gasteiger partial charge >= 0.3 is 5.97 Å². The molecule has 0 fully saturated rings. The van der Waals surface area contributed by atoms with Gasteiger partial charge in [-0.1, -0.05) is 29.8 Å². The Labute approximate surface area is 130 Å². The molecule has 1 rings (SSSR count). The third-order valence-corrected chi connectivity index (χ3v) is 3.09. The van der Waals surface area contributed by atoms with E-state index < -0.39 is 30.3 Å². The molecule has 5 nitrogen and oxygen atoms in total. The van der Waals surface area contributed by atoms with E-state index in [4.69, 9.17) is 9.84 Å². The summed E-state index contributed by atoms with van der Waals surface area (Å²) in [6, 6.07) is 3.20. The van der Waals surface area contributed by atoms with E-state index in [1.165, 1.54) is 12.1 Å². The molecule has 0 saturated carbocycles. The Morgan fingerprint density at radius 1 is 1.43 bits per heavy atom. The Hall–Kier alpha value is -1.63. The second-order valence-electron chi connectivity index (χ2n) is 4.95. The lowest BCUT2D eigenvalue weighted by Crippen LogP contribution is -2.43. The third kappa shape index (κ3) is 6.12. The van der Waals surface area contributed by atoms with Crippen LogP contribution in [0.4, 0.5) is 4.39 Å². The highest BCUT2D eigenvalue weighted by Crippen LogP contribution is 2.21. The van der Waals surface area contributed by atoms with E-state index in [-0.39, 0.29) is 11.7 Å². The highest BCUT2D eigenvalue weighted by molar-refractivity contribution is 9.10. The first-order valence-electron chi connectivity index (χ1n) is 6.39. The van der Waals surface area contributed by atoms with Gasteiger partial charge in [0.05, 0.1) is 0 Å². The van der Waals surface area contributed by atoms with Crippen molar-refractivity contribution in [1.29, 1.82) is 0 Å². The third-order valence-electron chi connectivity index (χ3n) is 2.59. The van der Waals surface area contributed by atoms with Crippen LogP contribution in [0.1, 0.15) is 20.3 Å². The summed E-state index contributed by atoms with van der Waals surface area (Å²) in [5, 5.41) is 11.4. The molecule has 21 heavy (non-hydrogen) atoms. The molecule has 0 aromatic heterocycles. The molecule has 2 N–H and O–H groups in total. The highest BCUT2D eigenvalue weighted by atomic mass is 79.9. The monoisotopic (exact) mass is 361 g/mol. The van der Waals surface area contributed by atoms with Gasteiger partial charge in [-0.3, -0.25) is 4.79 Å². The van der Waals surface area contributed by atoms with E-state index in [0.717, 1.165) is 0 Å². The number of ether oxygens (including phenoxy) is 1. The molecule has 0 bridgehead atoms. The maximum absolute atomic E-state index is 13.5. The smallest absolute Gasteiger partial charge is 0.326 e. The first-order chi connectivity index (χ1) is 9.79. The summed E-state index contributed by atoms with van der Waals surface area (Å²) < 4.78 is 19.1. The molecular formula is C14H17BrFNO4. The molecule has 0 aliphatic rings. The summed E-state index contributed by atoms with van der Waals surface area (Å²) in [6.45, 7) is 3.27. The maximum atomic E-state index is 13.5. The van der Waals surface area contributed by atoms with Gasteiger partial charge in [-0.15, -0.1) is 0 Å². The van der Waals surface area contributed by atoms with Crippen LogP contribution in [-0.4, -0.2) is 29.6 Å². The van der Waals surface area contributed by atoms with Crippen LogP contribution in [0.25, 0.3) is 0 Å². The first-order valence-corrected chi connectivity index (χ1v) is 7.19. The van der Waals surface area contributed by atoms with Crippen LogP contribution >= 0.6 is 15.9 Å². The van der Waals surface area contributed by atoms with Crippen LogP contribution in [0.15, 0.2) is 22.7 Å². The predicted octanol–water partition coefficient (Wildman–Crippen LogP) is 2.58. The molecular weight excluding hydrogens is 345 g/mol. The van der Waals surface area contributed by atoms with Crippen molar-refractivity contribution in [3.63, 3.8) is 0 Å². The van der Waals surface area contributed by atoms with E-state index in [2.05, 4.69) is 21.2 Å². The van der Waals surface area contributed by atoms with Crippen molar-refractivity contribution in [2.24, 2.45) is 5.92 Å². The number of carbonyl (C=O) groups excluding carboxylic acids is 1. The number of nitrogens with one attached hydrogen (secondary N) is 1. The SMILES string of the molecule is CC(C)CC(NC(=O)COc1ccc(Br)cc1F)C(=O)O. The van der Waals surface area contributed by atoms with E-state index >= 15 is 0 Å². The van der Waals surface area contributed by atoms with Crippen molar-refractivity contribution in [1.82, 2.24) is 5.32 Å². The lowest BCUT2D eigenvalue weighted by atomic mass is 10.0. The molecule has 1 unspecified atom stereocenters. The van der Waals surface area contributed by atoms with E-state index in [9.17, 15) is 14.0 Å². The van der Waals surface area contributed by atoms with Crippen molar-refractivity contribution in [3.05, 3.63) is 28.5 Å². The summed E-state index contributed by atoms with van der Waals surface area (Å²) in [5.74, 6) is -2.26. The molecule has 7 heteroatoms. The minimum Gasteiger partial charge on any atom is -0.481 e. The summed E-state index contributed by atoms with van der Waals surface area (Å²) in [4.78, 5) is 22.7. The second-order valence-corrected chi connectivity index (χ2v) is 5.87. The van der Waals surface area contributed by atoms with Crippen LogP contribution < -0.4 is 10.1 Å². The number of rotatable bonds is 7. The molecule has 0 saturated heterocycles. The average Bonchev–Trinajstić information content (AvgIpc) is 2.36. The Morgan fingerprint density at radius 3 is 2.62 bits per heavy atom. The normalized spacial score (nSPS) is 12.0. The number of hydrogen-bond acceptors (Lipinski definition) is 3. The van der Waals surface area contributed by atoms with Gasteiger partial charge in [0, 0.05) is 4.47 Å². The fourth-order valence-electron chi connectivity index (χ4n) is 1.66. The summed E-state index contributed by atoms with van der Waals surface area (Å²) in [5.41, 5.74) is 0. The Balaban J connectivity index is 2.54. The molecule has 0 aliphatic carbocycles. The molecule has 0 aliphatic heterocycles. The lowest BCUT2D eigenvalue weighted by Gasteiger charge is -2.16. The van der Waals surface area contributed by atoms with Crippen molar-refractivity contribution in [3.8, 4) is 5.75 Å². The van der Waals surface area contributed by atoms with Gasteiger partial charge in [0.15, 0.2) is 18.2 Å². The second kappa shape index (κ2) is 7.97. The van der Waals surface area contributed by atoms with Crippen molar-refractivity contribution in [2.75, 3.05) is 6.61 Å². The molecule has 1 amide bonds. The fraction of sp³-hybridized carbons (Fsp3) is 0.429. The number of amides is 1. The number of carboxylic acids is 1. The summed E-state index contributed by atoms with van der Waals surface area (Å²) in [7, 11) is 0. The number of aliphatic carboxylic acids is 1. The average molecular weight is 362 g/mol. The van der Waals surface area contributed by atoms with Crippen LogP contribution in [0.2, 0.25) is 0 Å². The maximum Gasteiger partial charge on any atom is 0.326 e. The number of carboxylic acid groups (broad SMARTS) is 1. The van der Waals surface area contributed by atoms with Gasteiger partial charge in [0.25, 0.3) is 5.91 Å². The zero-order valence-corrected chi connectivity index (χ0v) is 13.3. The number of halogens is 2. The molecule has 1 atom stereocenters. The minimum atomic E-state index is -1.10. The van der Waals surface area contributed by atoms with E-state index in [0.29, 0.717) is 10.9 Å². The molecule has 116 valence electrons. The highest BCUT2D eigenvalue weighted by Gasteiger charge is 2.21. The van der Waals surface area contributed by atoms with E-state index in [1.807, 2.05) is 13.8 Å². The Bertz CT molecular complexity index is 522. The zero-order chi connectivity index (χ0) is 16.0. The molecule has 1 aromatic carbocycles. The van der Waals surface area contributed by atoms with Crippen molar-refractivity contribution < 1.29 is 23.8 Å². The predicted molar refractivity (Wildman–Crippen MR) is 78.6 cm³/mol. The minimum absolute atomic E-state index is 0.0657. The Morgan fingerprint density at radius 2 is 2.10 bits per heavy atom. The van der Waals surface area contributed by atoms with Gasteiger partial charge in [-0.05, 0) is 30.5 Å². The molecule has 0 spiro atoms. The number of benzene rings is 1. The van der Waals surface area contributed by atoms with Crippen LogP contribution in [0, 0.1) is 11.7 Å². The lowest BCUT2D eigenvalue weighted by molar-refractivity contribution is -0.142. The summed E-state index contributed by atoms with van der Waals surface area (Å²) in [6.07, 6.45) is 0.313. The quantitative estimate of drug-likeness (QED) is 0.782. The van der Waals surface area contributed by atoms with Gasteiger partial charge in [0.1, 0.15) is 6.04 Å². The van der Waals surface area contributed by atoms with Crippen LogP contribution in [-0.2, 0) is 9.59 Å². The van der Waals surface area contributed by atoms with Gasteiger partial charge in [0.2, 0.25) is 0 Å². The van der Waals surface area contributed by atoms with E-state index in [1.54, 1.807) is 6.07 Å². The van der Waals surface area contributed by atoms with Crippen molar-refractivity contribution >= 4 is 27.8 Å². The molecule has 0 radical (unpaired) electrons. The Kier molecular flexibility index (Phi) is 6.61. The van der Waals surface area contributed by atoms with Gasteiger partial charge < -0.3 is 15.2 Å². The molecule has 0 heterocycles. The van der Waals surface area contributed by atoms with Crippen LogP contribution in [0.3, 0.4) is 0 Å². The largest absolute Gasteiger partial charge is 0.481 e. The topological polar surface area (TPSA) is 75.6 Å². The number of hydrogen-bond donors (Lipinski definition) is 2. The summed E-state index contributed by atoms with van der Waals surface area (Å²) >= 11 is 3.11. The van der Waals surface area contributed by atoms with Gasteiger partial charge in [-0.2, -0.15) is 0 Å². The molecule has 1 aromatic rings. The van der Waals surface area contributed by atoms with Crippen molar-refractivity contribution in [2.45, 2.75) is 26.3 Å². The van der Waals surface area contributed by atoms with Crippen LogP contribution in [0.5, 0.6) is 5.75 Å². The number of carbonyl (C=O) groups is 2. The zero-order valence-electron chi connectivity index (χ0n) is 11.7. The standard InChI is InChI=1S/C14H17BrFNO4/c1-8(2)5-11(14(19)20)17-13(18)7-21-12-4-3-9(15)6-10(12)16/h3-4,6,8,11H,5,7H2,1-2H3,(H,17,18)(H,19,20). The first kappa shape index (κ1) is 17.4. The van der Waals surface area contributed by atoms with Gasteiger partial charge in [-0.25, -0.2) is 9.18 Å².